The average molecular weight is 451 g/mol. The number of rotatable bonds is 10. The second-order valence-electron chi connectivity index (χ2n) is 7.53. The van der Waals surface area contributed by atoms with Gasteiger partial charge in [0.2, 0.25) is 0 Å². The van der Waals surface area contributed by atoms with E-state index in [1.54, 1.807) is 24.3 Å². The fourth-order valence-electron chi connectivity index (χ4n) is 3.40. The van der Waals surface area contributed by atoms with Crippen molar-refractivity contribution in [3.8, 4) is 17.2 Å². The first-order valence-corrected chi connectivity index (χ1v) is 10.6. The Balaban J connectivity index is 1.75. The van der Waals surface area contributed by atoms with Crippen LogP contribution in [0.4, 0.5) is 4.39 Å². The van der Waals surface area contributed by atoms with Crippen LogP contribution in [0, 0.1) is 11.7 Å². The highest BCUT2D eigenvalue weighted by molar-refractivity contribution is 5.97. The molecule has 2 N–H and O–H groups in total. The molecule has 0 aliphatic rings. The zero-order valence-electron chi connectivity index (χ0n) is 18.5. The summed E-state index contributed by atoms with van der Waals surface area (Å²) in [4.78, 5) is 24.3. The Bertz CT molecular complexity index is 1110. The summed E-state index contributed by atoms with van der Waals surface area (Å²) < 4.78 is 24.3. The van der Waals surface area contributed by atoms with Gasteiger partial charge >= 0.3 is 5.97 Å². The molecule has 0 aliphatic carbocycles. The van der Waals surface area contributed by atoms with Gasteiger partial charge in [0.1, 0.15) is 23.1 Å². The smallest absolute Gasteiger partial charge is 0.306 e. The molecule has 0 spiro atoms. The number of hydrogen-bond donors (Lipinski definition) is 2. The Morgan fingerprint density at radius 1 is 1.03 bits per heavy atom. The number of benzene rings is 3. The van der Waals surface area contributed by atoms with E-state index in [-0.39, 0.29) is 18.3 Å². The van der Waals surface area contributed by atoms with Crippen molar-refractivity contribution in [1.82, 2.24) is 5.32 Å². The first kappa shape index (κ1) is 23.8. The topological polar surface area (TPSA) is 84.9 Å². The van der Waals surface area contributed by atoms with Gasteiger partial charge in [-0.05, 0) is 60.9 Å². The van der Waals surface area contributed by atoms with E-state index in [1.807, 2.05) is 25.1 Å². The SMILES string of the molecule is CCC(Cc1ccc(OC)c(C(=O)NCc2ccccc2Oc2ccc(F)cc2)c1)C(=O)O. The lowest BCUT2D eigenvalue weighted by molar-refractivity contribution is -0.141. The first-order valence-electron chi connectivity index (χ1n) is 10.6. The molecule has 1 unspecified atom stereocenters. The average Bonchev–Trinajstić information content (AvgIpc) is 2.82. The number of amides is 1. The Morgan fingerprint density at radius 2 is 1.76 bits per heavy atom. The number of aliphatic carboxylic acids is 1. The van der Waals surface area contributed by atoms with Crippen LogP contribution in [0.25, 0.3) is 0 Å². The molecule has 0 bridgehead atoms. The molecular formula is C26H26FNO5. The minimum atomic E-state index is -0.864. The van der Waals surface area contributed by atoms with Gasteiger partial charge < -0.3 is 19.9 Å². The lowest BCUT2D eigenvalue weighted by Crippen LogP contribution is -2.24. The summed E-state index contributed by atoms with van der Waals surface area (Å²) in [7, 11) is 1.48. The first-order chi connectivity index (χ1) is 15.9. The number of methoxy groups -OCH3 is 1. The third-order valence-electron chi connectivity index (χ3n) is 5.29. The molecular weight excluding hydrogens is 425 g/mol. The maximum Gasteiger partial charge on any atom is 0.306 e. The zero-order chi connectivity index (χ0) is 23.8. The van der Waals surface area contributed by atoms with Crippen LogP contribution in [0.5, 0.6) is 17.2 Å². The highest BCUT2D eigenvalue weighted by Gasteiger charge is 2.19. The molecule has 0 heterocycles. The Labute approximate surface area is 192 Å². The molecule has 7 heteroatoms. The van der Waals surface area contributed by atoms with Crippen LogP contribution in [-0.2, 0) is 17.8 Å². The fourth-order valence-corrected chi connectivity index (χ4v) is 3.40. The van der Waals surface area contributed by atoms with Crippen molar-refractivity contribution in [2.45, 2.75) is 26.3 Å². The van der Waals surface area contributed by atoms with Crippen molar-refractivity contribution < 1.29 is 28.6 Å². The van der Waals surface area contributed by atoms with Gasteiger partial charge in [-0.25, -0.2) is 4.39 Å². The number of carbonyl (C=O) groups excluding carboxylic acids is 1. The van der Waals surface area contributed by atoms with Crippen molar-refractivity contribution >= 4 is 11.9 Å². The van der Waals surface area contributed by atoms with Crippen molar-refractivity contribution in [2.75, 3.05) is 7.11 Å². The molecule has 0 saturated carbocycles. The van der Waals surface area contributed by atoms with E-state index in [1.165, 1.54) is 31.4 Å². The Morgan fingerprint density at radius 3 is 2.42 bits per heavy atom. The van der Waals surface area contributed by atoms with Gasteiger partial charge in [-0.15, -0.1) is 0 Å². The lowest BCUT2D eigenvalue weighted by Gasteiger charge is -2.15. The van der Waals surface area contributed by atoms with Crippen LogP contribution in [0.1, 0.15) is 34.8 Å². The van der Waals surface area contributed by atoms with Crippen molar-refractivity contribution in [1.29, 1.82) is 0 Å². The maximum atomic E-state index is 13.2. The molecule has 0 aliphatic heterocycles. The third-order valence-corrected chi connectivity index (χ3v) is 5.29. The zero-order valence-corrected chi connectivity index (χ0v) is 18.5. The minimum absolute atomic E-state index is 0.191. The van der Waals surface area contributed by atoms with Gasteiger partial charge in [0, 0.05) is 12.1 Å². The Hall–Kier alpha value is -3.87. The number of carboxylic acid groups (broad SMARTS) is 1. The van der Waals surface area contributed by atoms with Crippen LogP contribution < -0.4 is 14.8 Å². The van der Waals surface area contributed by atoms with E-state index in [0.717, 1.165) is 11.1 Å². The van der Waals surface area contributed by atoms with E-state index in [0.29, 0.717) is 35.7 Å². The van der Waals surface area contributed by atoms with E-state index in [2.05, 4.69) is 5.32 Å². The van der Waals surface area contributed by atoms with Gasteiger partial charge in [0.05, 0.1) is 18.6 Å². The lowest BCUT2D eigenvalue weighted by atomic mass is 9.95. The Kier molecular flexibility index (Phi) is 8.02. The quantitative estimate of drug-likeness (QED) is 0.442. The number of hydrogen-bond acceptors (Lipinski definition) is 4. The molecule has 172 valence electrons. The van der Waals surface area contributed by atoms with Crippen LogP contribution in [-0.4, -0.2) is 24.1 Å². The standard InChI is InChI=1S/C26H26FNO5/c1-3-18(26(30)31)14-17-8-13-24(32-2)22(15-17)25(29)28-16-19-6-4-5-7-23(19)33-21-11-9-20(27)10-12-21/h4-13,15,18H,3,14,16H2,1-2H3,(H,28,29)(H,30,31). The van der Waals surface area contributed by atoms with E-state index in [4.69, 9.17) is 9.47 Å². The summed E-state index contributed by atoms with van der Waals surface area (Å²) >= 11 is 0. The van der Waals surface area contributed by atoms with Crippen LogP contribution in [0.3, 0.4) is 0 Å². The van der Waals surface area contributed by atoms with E-state index >= 15 is 0 Å². The summed E-state index contributed by atoms with van der Waals surface area (Å²) in [5, 5.41) is 12.2. The van der Waals surface area contributed by atoms with Gasteiger partial charge in [-0.3, -0.25) is 9.59 Å². The molecule has 33 heavy (non-hydrogen) atoms. The summed E-state index contributed by atoms with van der Waals surface area (Å²) in [5.74, 6) is -0.676. The molecule has 3 rings (SSSR count). The normalized spacial score (nSPS) is 11.5. The molecule has 1 amide bonds. The largest absolute Gasteiger partial charge is 0.496 e. The number of para-hydroxylation sites is 1. The van der Waals surface area contributed by atoms with E-state index < -0.39 is 11.9 Å². The fraction of sp³-hybridized carbons (Fsp3) is 0.231. The number of carbonyl (C=O) groups is 2. The number of ether oxygens (including phenoxy) is 2. The maximum absolute atomic E-state index is 13.2. The minimum Gasteiger partial charge on any atom is -0.496 e. The number of nitrogens with one attached hydrogen (secondary N) is 1. The predicted octanol–water partition coefficient (Wildman–Crippen LogP) is 5.21. The second-order valence-corrected chi connectivity index (χ2v) is 7.53. The van der Waals surface area contributed by atoms with Crippen LogP contribution in [0.15, 0.2) is 66.7 Å². The molecule has 3 aromatic rings. The highest BCUT2D eigenvalue weighted by Crippen LogP contribution is 2.26. The summed E-state index contributed by atoms with van der Waals surface area (Å²) in [6, 6.07) is 18.0. The highest BCUT2D eigenvalue weighted by atomic mass is 19.1. The molecule has 6 nitrogen and oxygen atoms in total. The molecule has 0 fully saturated rings. The molecule has 3 aromatic carbocycles. The monoisotopic (exact) mass is 451 g/mol. The number of halogens is 1. The van der Waals surface area contributed by atoms with E-state index in [9.17, 15) is 19.1 Å². The molecule has 0 radical (unpaired) electrons. The van der Waals surface area contributed by atoms with Crippen molar-refractivity contribution in [2.24, 2.45) is 5.92 Å². The number of carboxylic acids is 1. The summed E-state index contributed by atoms with van der Waals surface area (Å²) in [5.41, 5.74) is 1.81. The summed E-state index contributed by atoms with van der Waals surface area (Å²) in [6.07, 6.45) is 0.818. The third kappa shape index (κ3) is 6.32. The van der Waals surface area contributed by atoms with Gasteiger partial charge in [-0.2, -0.15) is 0 Å². The summed E-state index contributed by atoms with van der Waals surface area (Å²) in [6.45, 7) is 2.01. The van der Waals surface area contributed by atoms with Crippen molar-refractivity contribution in [3.63, 3.8) is 0 Å². The molecule has 0 aromatic heterocycles. The predicted molar refractivity (Wildman–Crippen MR) is 122 cm³/mol. The van der Waals surface area contributed by atoms with Crippen LogP contribution in [0.2, 0.25) is 0 Å². The molecule has 0 saturated heterocycles. The van der Waals surface area contributed by atoms with Gasteiger partial charge in [0.25, 0.3) is 5.91 Å². The van der Waals surface area contributed by atoms with Crippen LogP contribution >= 0.6 is 0 Å². The molecule has 1 atom stereocenters. The second kappa shape index (κ2) is 11.1. The van der Waals surface area contributed by atoms with Gasteiger partial charge in [0.15, 0.2) is 0 Å². The van der Waals surface area contributed by atoms with Gasteiger partial charge in [-0.1, -0.05) is 31.2 Å². The van der Waals surface area contributed by atoms with Crippen molar-refractivity contribution in [3.05, 3.63) is 89.2 Å².